The Morgan fingerprint density at radius 1 is 1.22 bits per heavy atom. The summed E-state index contributed by atoms with van der Waals surface area (Å²) in [6, 6.07) is 0. The first-order valence-electron chi connectivity index (χ1n) is 3.85. The summed E-state index contributed by atoms with van der Waals surface area (Å²) in [6.45, 7) is 2.59. The summed E-state index contributed by atoms with van der Waals surface area (Å²) >= 11 is 0. The average Bonchev–Trinajstić information content (AvgIpc) is 2.68. The molecule has 4 aliphatic heterocycles. The molecule has 2 heteroatoms. The molecule has 4 aliphatic rings. The molecule has 0 aromatic heterocycles. The highest BCUT2D eigenvalue weighted by Crippen LogP contribution is 2.44. The quantitative estimate of drug-likeness (QED) is 0.436. The van der Waals surface area contributed by atoms with Crippen molar-refractivity contribution >= 4 is 0 Å². The second-order valence-corrected chi connectivity index (χ2v) is 3.36. The van der Waals surface area contributed by atoms with Crippen LogP contribution < -0.4 is 0 Å². The minimum atomic E-state index is 0.567. The van der Waals surface area contributed by atoms with Crippen LogP contribution in [0.5, 0.6) is 0 Å². The third-order valence-electron chi connectivity index (χ3n) is 2.90. The third kappa shape index (κ3) is 0.485. The van der Waals surface area contributed by atoms with E-state index in [1.165, 1.54) is 25.9 Å². The number of rotatable bonds is 0. The van der Waals surface area contributed by atoms with Crippen LogP contribution in [0.2, 0.25) is 0 Å². The summed E-state index contributed by atoms with van der Waals surface area (Å²) in [6.07, 6.45) is 4.01. The Hall–Kier alpha value is -0.0800. The minimum Gasteiger partial charge on any atom is -0.353 e. The van der Waals surface area contributed by atoms with Crippen molar-refractivity contribution in [2.45, 2.75) is 25.2 Å². The summed E-state index contributed by atoms with van der Waals surface area (Å²) in [5.41, 5.74) is 0. The van der Waals surface area contributed by atoms with Gasteiger partial charge < -0.3 is 4.74 Å². The lowest BCUT2D eigenvalue weighted by atomic mass is 9.88. The molecule has 0 aromatic rings. The van der Waals surface area contributed by atoms with Crippen LogP contribution in [0, 0.1) is 5.92 Å². The fourth-order valence-corrected chi connectivity index (χ4v) is 2.26. The first-order chi connectivity index (χ1) is 4.45. The zero-order valence-corrected chi connectivity index (χ0v) is 5.42. The monoisotopic (exact) mass is 125 g/mol. The van der Waals surface area contributed by atoms with Gasteiger partial charge in [-0.25, -0.2) is 0 Å². The molecule has 9 heavy (non-hydrogen) atoms. The molecule has 2 bridgehead atoms. The fourth-order valence-electron chi connectivity index (χ4n) is 2.26. The van der Waals surface area contributed by atoms with Crippen LogP contribution in [0.3, 0.4) is 0 Å². The molecule has 0 N–H and O–H groups in total. The summed E-state index contributed by atoms with van der Waals surface area (Å²) in [4.78, 5) is 2.48. The smallest absolute Gasteiger partial charge is 0.138 e. The Kier molecular flexibility index (Phi) is 0.691. The molecule has 2 atom stereocenters. The lowest BCUT2D eigenvalue weighted by Gasteiger charge is -2.34. The molecule has 0 amide bonds. The SMILES string of the molecule is C1CN2CCC1C1OC12. The van der Waals surface area contributed by atoms with E-state index >= 15 is 0 Å². The molecule has 4 heterocycles. The lowest BCUT2D eigenvalue weighted by molar-refractivity contribution is 0.116. The van der Waals surface area contributed by atoms with Crippen molar-refractivity contribution in [2.24, 2.45) is 5.92 Å². The van der Waals surface area contributed by atoms with Gasteiger partial charge in [-0.1, -0.05) is 0 Å². The first-order valence-corrected chi connectivity index (χ1v) is 3.85. The molecule has 4 fully saturated rings. The van der Waals surface area contributed by atoms with E-state index in [9.17, 15) is 0 Å². The maximum atomic E-state index is 5.49. The molecule has 2 unspecified atom stereocenters. The van der Waals surface area contributed by atoms with Gasteiger partial charge in [-0.05, 0) is 18.8 Å². The van der Waals surface area contributed by atoms with Crippen LogP contribution >= 0.6 is 0 Å². The molecular formula is C7H11NO. The van der Waals surface area contributed by atoms with Gasteiger partial charge in [-0.15, -0.1) is 0 Å². The molecule has 0 spiro atoms. The minimum absolute atomic E-state index is 0.567. The standard InChI is InChI=1S/C7H11NO/c1-3-8-4-2-5(1)6-7(8)9-6/h5-7H,1-4H2. The highest BCUT2D eigenvalue weighted by Gasteiger charge is 2.54. The molecule has 4 saturated heterocycles. The zero-order valence-electron chi connectivity index (χ0n) is 5.42. The fraction of sp³-hybridized carbons (Fsp3) is 1.00. The molecule has 0 saturated carbocycles. The lowest BCUT2D eigenvalue weighted by Crippen LogP contribution is -2.44. The number of fused-ring (bicyclic) bond motifs is 2. The summed E-state index contributed by atoms with van der Waals surface area (Å²) in [5.74, 6) is 0.931. The van der Waals surface area contributed by atoms with Gasteiger partial charge in [0.25, 0.3) is 0 Å². The van der Waals surface area contributed by atoms with Gasteiger partial charge in [-0.2, -0.15) is 0 Å². The van der Waals surface area contributed by atoms with Crippen LogP contribution in [0.25, 0.3) is 0 Å². The Balaban J connectivity index is 1.93. The predicted octanol–water partition coefficient (Wildman–Crippen LogP) is 0.437. The Labute approximate surface area is 54.8 Å². The van der Waals surface area contributed by atoms with E-state index in [0.717, 1.165) is 5.92 Å². The number of nitrogens with zero attached hydrogens (tertiary/aromatic N) is 1. The highest BCUT2D eigenvalue weighted by molar-refractivity contribution is 4.99. The molecule has 2 nitrogen and oxygen atoms in total. The van der Waals surface area contributed by atoms with Crippen molar-refractivity contribution in [3.63, 3.8) is 0 Å². The van der Waals surface area contributed by atoms with Gasteiger partial charge in [-0.3, -0.25) is 4.90 Å². The maximum absolute atomic E-state index is 5.49. The third-order valence-corrected chi connectivity index (χ3v) is 2.90. The molecule has 50 valence electrons. The molecule has 0 radical (unpaired) electrons. The van der Waals surface area contributed by atoms with Crippen LogP contribution in [0.15, 0.2) is 0 Å². The first kappa shape index (κ1) is 4.69. The second-order valence-electron chi connectivity index (χ2n) is 3.36. The molecule has 4 rings (SSSR count). The number of ether oxygens (including phenoxy) is 1. The van der Waals surface area contributed by atoms with E-state index in [0.29, 0.717) is 12.3 Å². The molecule has 0 aliphatic carbocycles. The van der Waals surface area contributed by atoms with E-state index in [1.54, 1.807) is 0 Å². The van der Waals surface area contributed by atoms with Crippen molar-refractivity contribution in [3.05, 3.63) is 0 Å². The van der Waals surface area contributed by atoms with Gasteiger partial charge >= 0.3 is 0 Å². The van der Waals surface area contributed by atoms with E-state index in [-0.39, 0.29) is 0 Å². The summed E-state index contributed by atoms with van der Waals surface area (Å²) in [7, 11) is 0. The molecular weight excluding hydrogens is 114 g/mol. The van der Waals surface area contributed by atoms with Crippen molar-refractivity contribution in [3.8, 4) is 0 Å². The normalized spacial score (nSPS) is 61.3. The van der Waals surface area contributed by atoms with Crippen molar-refractivity contribution < 1.29 is 4.74 Å². The topological polar surface area (TPSA) is 15.8 Å². The van der Waals surface area contributed by atoms with Gasteiger partial charge in [0.15, 0.2) is 0 Å². The van der Waals surface area contributed by atoms with Crippen LogP contribution in [0.1, 0.15) is 12.8 Å². The zero-order chi connectivity index (χ0) is 5.84. The average molecular weight is 125 g/mol. The highest BCUT2D eigenvalue weighted by atomic mass is 16.6. The number of epoxide rings is 1. The van der Waals surface area contributed by atoms with E-state index in [1.807, 2.05) is 0 Å². The summed E-state index contributed by atoms with van der Waals surface area (Å²) in [5, 5.41) is 0. The van der Waals surface area contributed by atoms with E-state index < -0.39 is 0 Å². The maximum Gasteiger partial charge on any atom is 0.138 e. The molecule has 0 aromatic carbocycles. The Morgan fingerprint density at radius 3 is 2.44 bits per heavy atom. The van der Waals surface area contributed by atoms with E-state index in [2.05, 4.69) is 4.90 Å². The van der Waals surface area contributed by atoms with Crippen molar-refractivity contribution in [2.75, 3.05) is 13.1 Å². The largest absolute Gasteiger partial charge is 0.353 e. The van der Waals surface area contributed by atoms with Gasteiger partial charge in [0, 0.05) is 13.1 Å². The van der Waals surface area contributed by atoms with Crippen LogP contribution in [0.4, 0.5) is 0 Å². The predicted molar refractivity (Wildman–Crippen MR) is 33.0 cm³/mol. The number of hydrogen-bond acceptors (Lipinski definition) is 2. The van der Waals surface area contributed by atoms with Crippen LogP contribution in [-0.4, -0.2) is 30.3 Å². The Bertz CT molecular complexity index is 124. The van der Waals surface area contributed by atoms with Crippen molar-refractivity contribution in [1.29, 1.82) is 0 Å². The Morgan fingerprint density at radius 2 is 2.00 bits per heavy atom. The van der Waals surface area contributed by atoms with Crippen molar-refractivity contribution in [1.82, 2.24) is 4.90 Å². The van der Waals surface area contributed by atoms with Gasteiger partial charge in [0.1, 0.15) is 12.3 Å². The second kappa shape index (κ2) is 1.32. The summed E-state index contributed by atoms with van der Waals surface area (Å²) < 4.78 is 5.49. The van der Waals surface area contributed by atoms with Crippen LogP contribution in [-0.2, 0) is 4.74 Å². The number of hydrogen-bond donors (Lipinski definition) is 0. The van der Waals surface area contributed by atoms with Gasteiger partial charge in [0.05, 0.1) is 0 Å². The number of piperidine rings is 3. The van der Waals surface area contributed by atoms with Gasteiger partial charge in [0.2, 0.25) is 0 Å². The van der Waals surface area contributed by atoms with E-state index in [4.69, 9.17) is 4.74 Å².